The summed E-state index contributed by atoms with van der Waals surface area (Å²) in [6.07, 6.45) is 5.79. The van der Waals surface area contributed by atoms with Crippen LogP contribution in [-0.4, -0.2) is 29.1 Å². The first kappa shape index (κ1) is 13.9. The molecule has 0 spiro atoms. The van der Waals surface area contributed by atoms with E-state index in [0.717, 1.165) is 25.2 Å². The highest BCUT2D eigenvalue weighted by atomic mass is 16.2. The average molecular weight is 252 g/mol. The van der Waals surface area contributed by atoms with Crippen LogP contribution in [-0.2, 0) is 4.79 Å². The molecule has 0 bridgehead atoms. The van der Waals surface area contributed by atoms with Crippen LogP contribution in [0.3, 0.4) is 0 Å². The zero-order valence-corrected chi connectivity index (χ0v) is 12.3. The summed E-state index contributed by atoms with van der Waals surface area (Å²) in [7, 11) is 0. The highest BCUT2D eigenvalue weighted by Gasteiger charge is 2.45. The molecular weight excluding hydrogens is 224 g/mol. The highest BCUT2D eigenvalue weighted by molar-refractivity contribution is 5.84. The van der Waals surface area contributed by atoms with E-state index in [9.17, 15) is 4.79 Å². The molecule has 0 aromatic carbocycles. The van der Waals surface area contributed by atoms with Gasteiger partial charge in [-0.25, -0.2) is 0 Å². The maximum absolute atomic E-state index is 12.6. The lowest BCUT2D eigenvalue weighted by Crippen LogP contribution is -2.46. The third kappa shape index (κ3) is 2.29. The van der Waals surface area contributed by atoms with Gasteiger partial charge >= 0.3 is 0 Å². The minimum absolute atomic E-state index is 0.0723. The second-order valence-electron chi connectivity index (χ2n) is 6.16. The molecule has 1 saturated heterocycles. The Kier molecular flexibility index (Phi) is 4.31. The summed E-state index contributed by atoms with van der Waals surface area (Å²) < 4.78 is 0. The van der Waals surface area contributed by atoms with Crippen molar-refractivity contribution in [2.45, 2.75) is 78.0 Å². The van der Waals surface area contributed by atoms with Gasteiger partial charge < -0.3 is 4.90 Å². The molecule has 2 aliphatic rings. The first-order valence-corrected chi connectivity index (χ1v) is 7.68. The fraction of sp³-hybridized carbons (Fsp3) is 0.933. The molecular formula is C15H28N2O. The fourth-order valence-electron chi connectivity index (χ4n) is 3.65. The van der Waals surface area contributed by atoms with Gasteiger partial charge in [0.15, 0.2) is 0 Å². The third-order valence-corrected chi connectivity index (χ3v) is 5.03. The van der Waals surface area contributed by atoms with E-state index in [1.54, 1.807) is 0 Å². The Morgan fingerprint density at radius 2 is 2.00 bits per heavy atom. The summed E-state index contributed by atoms with van der Waals surface area (Å²) in [5.74, 6) is 1.75. The maximum Gasteiger partial charge on any atom is 0.241 e. The lowest BCUT2D eigenvalue weighted by atomic mass is 9.96. The molecule has 1 aliphatic carbocycles. The van der Waals surface area contributed by atoms with Crippen molar-refractivity contribution >= 4 is 5.91 Å². The minimum Gasteiger partial charge on any atom is -0.323 e. The van der Waals surface area contributed by atoms with Gasteiger partial charge in [-0.3, -0.25) is 10.1 Å². The summed E-state index contributed by atoms with van der Waals surface area (Å²) in [6, 6.07) is 0.537. The number of nitrogens with one attached hydrogen (secondary N) is 1. The van der Waals surface area contributed by atoms with E-state index >= 15 is 0 Å². The first-order valence-electron chi connectivity index (χ1n) is 7.68. The molecule has 2 rings (SSSR count). The summed E-state index contributed by atoms with van der Waals surface area (Å²) in [5, 5.41) is 3.53. The minimum atomic E-state index is 0.0723. The van der Waals surface area contributed by atoms with Gasteiger partial charge in [-0.1, -0.05) is 34.1 Å². The van der Waals surface area contributed by atoms with E-state index in [1.807, 2.05) is 0 Å². The molecule has 104 valence electrons. The standard InChI is InChI=1S/C15H28N2O/c1-5-7-12-15(18)17(14(6-2)16-12)13-9-8-10(3)11(13)4/h10-14,16H,5-9H2,1-4H3. The molecule has 1 aliphatic heterocycles. The second kappa shape index (κ2) is 5.60. The van der Waals surface area contributed by atoms with E-state index < -0.39 is 0 Å². The van der Waals surface area contributed by atoms with Crippen molar-refractivity contribution in [2.24, 2.45) is 11.8 Å². The Morgan fingerprint density at radius 1 is 1.28 bits per heavy atom. The number of nitrogens with zero attached hydrogens (tertiary/aromatic N) is 1. The summed E-state index contributed by atoms with van der Waals surface area (Å²) in [5.41, 5.74) is 0. The van der Waals surface area contributed by atoms with Crippen LogP contribution in [0.15, 0.2) is 0 Å². The van der Waals surface area contributed by atoms with Crippen LogP contribution in [0.1, 0.15) is 59.8 Å². The lowest BCUT2D eigenvalue weighted by Gasteiger charge is -2.33. The van der Waals surface area contributed by atoms with Crippen molar-refractivity contribution in [3.63, 3.8) is 0 Å². The van der Waals surface area contributed by atoms with E-state index in [1.165, 1.54) is 12.8 Å². The first-order chi connectivity index (χ1) is 8.60. The quantitative estimate of drug-likeness (QED) is 0.834. The van der Waals surface area contributed by atoms with Crippen molar-refractivity contribution in [3.05, 3.63) is 0 Å². The van der Waals surface area contributed by atoms with Crippen molar-refractivity contribution in [1.82, 2.24) is 10.2 Å². The van der Waals surface area contributed by atoms with Crippen LogP contribution in [0.2, 0.25) is 0 Å². The largest absolute Gasteiger partial charge is 0.323 e. The van der Waals surface area contributed by atoms with Gasteiger partial charge in [-0.2, -0.15) is 0 Å². The lowest BCUT2D eigenvalue weighted by molar-refractivity contribution is -0.133. The number of carbonyl (C=O) groups excluding carboxylic acids is 1. The summed E-state index contributed by atoms with van der Waals surface area (Å²) >= 11 is 0. The predicted molar refractivity (Wildman–Crippen MR) is 74.1 cm³/mol. The SMILES string of the molecule is CCCC1NC(CC)N(C2CCC(C)C2C)C1=O. The van der Waals surface area contributed by atoms with E-state index in [0.29, 0.717) is 17.9 Å². The molecule has 0 radical (unpaired) electrons. The molecule has 3 nitrogen and oxygen atoms in total. The zero-order valence-electron chi connectivity index (χ0n) is 12.3. The predicted octanol–water partition coefficient (Wildman–Crippen LogP) is 2.76. The molecule has 1 amide bonds. The van der Waals surface area contributed by atoms with Gasteiger partial charge in [0, 0.05) is 6.04 Å². The van der Waals surface area contributed by atoms with Gasteiger partial charge in [-0.15, -0.1) is 0 Å². The number of hydrogen-bond donors (Lipinski definition) is 1. The Morgan fingerprint density at radius 3 is 2.50 bits per heavy atom. The molecule has 18 heavy (non-hydrogen) atoms. The molecule has 1 N–H and O–H groups in total. The Labute approximate surface area is 111 Å². The fourth-order valence-corrected chi connectivity index (χ4v) is 3.65. The van der Waals surface area contributed by atoms with Crippen LogP contribution < -0.4 is 5.32 Å². The van der Waals surface area contributed by atoms with E-state index in [-0.39, 0.29) is 12.2 Å². The van der Waals surface area contributed by atoms with Crippen molar-refractivity contribution in [2.75, 3.05) is 0 Å². The number of carbonyl (C=O) groups is 1. The van der Waals surface area contributed by atoms with Crippen LogP contribution in [0.5, 0.6) is 0 Å². The highest BCUT2D eigenvalue weighted by Crippen LogP contribution is 2.37. The van der Waals surface area contributed by atoms with Gasteiger partial charge in [0.05, 0.1) is 12.2 Å². The zero-order chi connectivity index (χ0) is 13.3. The molecule has 0 aromatic heterocycles. The van der Waals surface area contributed by atoms with Crippen molar-refractivity contribution in [3.8, 4) is 0 Å². The van der Waals surface area contributed by atoms with Crippen molar-refractivity contribution in [1.29, 1.82) is 0 Å². The summed E-state index contributed by atoms with van der Waals surface area (Å²) in [6.45, 7) is 8.97. The van der Waals surface area contributed by atoms with E-state index in [4.69, 9.17) is 0 Å². The van der Waals surface area contributed by atoms with Crippen LogP contribution in [0.25, 0.3) is 0 Å². The van der Waals surface area contributed by atoms with Gasteiger partial charge in [0.25, 0.3) is 0 Å². The Balaban J connectivity index is 2.12. The topological polar surface area (TPSA) is 32.3 Å². The Bertz CT molecular complexity index is 305. The molecule has 0 aromatic rings. The monoisotopic (exact) mass is 252 g/mol. The van der Waals surface area contributed by atoms with Gasteiger partial charge in [0.2, 0.25) is 5.91 Å². The molecule has 3 heteroatoms. The van der Waals surface area contributed by atoms with Crippen molar-refractivity contribution < 1.29 is 4.79 Å². The number of rotatable bonds is 4. The van der Waals surface area contributed by atoms with Crippen LogP contribution in [0.4, 0.5) is 0 Å². The molecule has 5 unspecified atom stereocenters. The van der Waals surface area contributed by atoms with Crippen LogP contribution in [0, 0.1) is 11.8 Å². The average Bonchev–Trinajstić information content (AvgIpc) is 2.83. The van der Waals surface area contributed by atoms with E-state index in [2.05, 4.69) is 37.9 Å². The number of amides is 1. The maximum atomic E-state index is 12.6. The molecule has 1 saturated carbocycles. The summed E-state index contributed by atoms with van der Waals surface area (Å²) in [4.78, 5) is 14.8. The van der Waals surface area contributed by atoms with Crippen LogP contribution >= 0.6 is 0 Å². The Hall–Kier alpha value is -0.570. The third-order valence-electron chi connectivity index (χ3n) is 5.03. The second-order valence-corrected chi connectivity index (χ2v) is 6.16. The smallest absolute Gasteiger partial charge is 0.241 e. The number of hydrogen-bond acceptors (Lipinski definition) is 2. The van der Waals surface area contributed by atoms with Gasteiger partial charge in [-0.05, 0) is 37.5 Å². The normalized spacial score (nSPS) is 40.8. The molecule has 2 fully saturated rings. The molecule has 1 heterocycles. The van der Waals surface area contributed by atoms with Gasteiger partial charge in [0.1, 0.15) is 0 Å². The molecule has 5 atom stereocenters.